The lowest BCUT2D eigenvalue weighted by molar-refractivity contribution is -0.137. The van der Waals surface area contributed by atoms with Crippen LogP contribution in [0.25, 0.3) is 0 Å². The van der Waals surface area contributed by atoms with Gasteiger partial charge < -0.3 is 10.2 Å². The van der Waals surface area contributed by atoms with E-state index in [0.29, 0.717) is 30.0 Å². The molecule has 5 nitrogen and oxygen atoms in total. The van der Waals surface area contributed by atoms with Crippen LogP contribution in [0.3, 0.4) is 0 Å². The van der Waals surface area contributed by atoms with Gasteiger partial charge in [0.1, 0.15) is 0 Å². The number of nitrogens with one attached hydrogen (secondary N) is 1. The van der Waals surface area contributed by atoms with Crippen LogP contribution in [0, 0.1) is 11.8 Å². The van der Waals surface area contributed by atoms with E-state index >= 15 is 0 Å². The Bertz CT molecular complexity index is 478. The van der Waals surface area contributed by atoms with Gasteiger partial charge in [-0.05, 0) is 62.6 Å². The van der Waals surface area contributed by atoms with Gasteiger partial charge in [-0.1, -0.05) is 32.1 Å². The van der Waals surface area contributed by atoms with E-state index in [-0.39, 0.29) is 5.91 Å². The second-order valence-electron chi connectivity index (χ2n) is 8.48. The van der Waals surface area contributed by atoms with Crippen molar-refractivity contribution in [1.29, 1.82) is 0 Å². The molecular weight excluding hydrogens is 344 g/mol. The highest BCUT2D eigenvalue weighted by atomic mass is 32.1. The second-order valence-corrected chi connectivity index (χ2v) is 8.87. The molecule has 3 rings (SSSR count). The van der Waals surface area contributed by atoms with Crippen molar-refractivity contribution < 1.29 is 4.79 Å². The molecule has 1 aliphatic heterocycles. The summed E-state index contributed by atoms with van der Waals surface area (Å²) in [6, 6.07) is 0.495. The molecule has 2 atom stereocenters. The van der Waals surface area contributed by atoms with Crippen molar-refractivity contribution in [3.05, 3.63) is 0 Å². The van der Waals surface area contributed by atoms with Crippen molar-refractivity contribution in [1.82, 2.24) is 15.2 Å². The van der Waals surface area contributed by atoms with E-state index in [1.807, 2.05) is 0 Å². The van der Waals surface area contributed by atoms with Crippen molar-refractivity contribution in [3.63, 3.8) is 0 Å². The maximum atomic E-state index is 12.7. The van der Waals surface area contributed by atoms with Gasteiger partial charge in [0.15, 0.2) is 5.11 Å². The molecule has 3 fully saturated rings. The van der Waals surface area contributed by atoms with Crippen molar-refractivity contribution >= 4 is 23.2 Å². The van der Waals surface area contributed by atoms with Gasteiger partial charge >= 0.3 is 0 Å². The number of fused-ring (bicyclic) bond motifs is 1. The number of rotatable bonds is 5. The number of nitrogens with two attached hydrogens (primary N) is 1. The van der Waals surface area contributed by atoms with Crippen LogP contribution >= 0.6 is 12.2 Å². The number of hydrazine groups is 1. The van der Waals surface area contributed by atoms with Crippen LogP contribution in [0.5, 0.6) is 0 Å². The summed E-state index contributed by atoms with van der Waals surface area (Å²) < 4.78 is 0. The Balaban J connectivity index is 1.37. The quantitative estimate of drug-likeness (QED) is 0.436. The SMILES string of the molecule is NN(CC1CCCCC1)C(=S)NCCC(=O)N1CCCC2CCCCC21. The zero-order valence-electron chi connectivity index (χ0n) is 16.1. The number of carbonyl (C=O) groups is 1. The number of thiocarbonyl (C=S) groups is 1. The van der Waals surface area contributed by atoms with E-state index in [9.17, 15) is 4.79 Å². The monoisotopic (exact) mass is 380 g/mol. The Labute approximate surface area is 164 Å². The molecule has 0 spiro atoms. The number of nitrogens with zero attached hydrogens (tertiary/aromatic N) is 2. The lowest BCUT2D eigenvalue weighted by Gasteiger charge is -2.44. The summed E-state index contributed by atoms with van der Waals surface area (Å²) in [6.07, 6.45) is 14.6. The molecule has 2 saturated carbocycles. The van der Waals surface area contributed by atoms with Crippen LogP contribution in [0.1, 0.15) is 77.0 Å². The Kier molecular flexibility index (Phi) is 7.55. The van der Waals surface area contributed by atoms with Crippen LogP contribution < -0.4 is 11.2 Å². The fourth-order valence-electron chi connectivity index (χ4n) is 5.19. The highest BCUT2D eigenvalue weighted by molar-refractivity contribution is 7.80. The molecule has 0 bridgehead atoms. The molecule has 0 aromatic rings. The van der Waals surface area contributed by atoms with Crippen LogP contribution in [-0.4, -0.2) is 46.6 Å². The summed E-state index contributed by atoms with van der Waals surface area (Å²) in [6.45, 7) is 2.36. The molecule has 2 unspecified atom stereocenters. The first-order valence-electron chi connectivity index (χ1n) is 10.7. The maximum absolute atomic E-state index is 12.7. The van der Waals surface area contributed by atoms with Crippen molar-refractivity contribution in [3.8, 4) is 0 Å². The topological polar surface area (TPSA) is 61.6 Å². The molecule has 1 heterocycles. The van der Waals surface area contributed by atoms with Gasteiger partial charge in [-0.15, -0.1) is 0 Å². The van der Waals surface area contributed by atoms with Gasteiger partial charge in [0.2, 0.25) is 5.91 Å². The van der Waals surface area contributed by atoms with Gasteiger partial charge in [-0.2, -0.15) is 0 Å². The third kappa shape index (κ3) is 5.32. The van der Waals surface area contributed by atoms with E-state index in [4.69, 9.17) is 18.1 Å². The van der Waals surface area contributed by atoms with Crippen molar-refractivity contribution in [2.45, 2.75) is 83.1 Å². The Morgan fingerprint density at radius 3 is 2.54 bits per heavy atom. The van der Waals surface area contributed by atoms with Gasteiger partial charge in [-0.25, -0.2) is 5.84 Å². The molecule has 0 aromatic heterocycles. The number of carbonyl (C=O) groups excluding carboxylic acids is 1. The molecular formula is C20H36N4OS. The van der Waals surface area contributed by atoms with Crippen LogP contribution in [0.15, 0.2) is 0 Å². The maximum Gasteiger partial charge on any atom is 0.224 e. The third-order valence-corrected chi connectivity index (χ3v) is 7.00. The molecule has 6 heteroatoms. The standard InChI is InChI=1S/C20H36N4OS/c21-24(15-16-7-2-1-3-8-16)20(26)22-13-12-19(25)23-14-6-10-17-9-4-5-11-18(17)23/h16-18H,1-15,21H2,(H,22,26). The molecule has 0 radical (unpaired) electrons. The predicted molar refractivity (Wildman–Crippen MR) is 109 cm³/mol. The highest BCUT2D eigenvalue weighted by Crippen LogP contribution is 2.35. The molecule has 148 valence electrons. The summed E-state index contributed by atoms with van der Waals surface area (Å²) in [7, 11) is 0. The summed E-state index contributed by atoms with van der Waals surface area (Å²) in [5, 5.41) is 5.45. The first-order valence-corrected chi connectivity index (χ1v) is 11.2. The van der Waals surface area contributed by atoms with Gasteiger partial charge in [0.25, 0.3) is 0 Å². The number of hydrogen-bond acceptors (Lipinski definition) is 3. The van der Waals surface area contributed by atoms with E-state index in [0.717, 1.165) is 25.4 Å². The highest BCUT2D eigenvalue weighted by Gasteiger charge is 2.35. The first-order chi connectivity index (χ1) is 12.6. The average Bonchev–Trinajstić information content (AvgIpc) is 2.68. The largest absolute Gasteiger partial charge is 0.361 e. The lowest BCUT2D eigenvalue weighted by Crippen LogP contribution is -2.51. The summed E-state index contributed by atoms with van der Waals surface area (Å²) in [4.78, 5) is 14.9. The number of likely N-dealkylation sites (tertiary alicyclic amines) is 1. The predicted octanol–water partition coefficient (Wildman–Crippen LogP) is 3.19. The first kappa shape index (κ1) is 19.9. The number of hydrogen-bond donors (Lipinski definition) is 2. The minimum absolute atomic E-state index is 0.285. The molecule has 26 heavy (non-hydrogen) atoms. The zero-order chi connectivity index (χ0) is 18.4. The Morgan fingerprint density at radius 1 is 1.04 bits per heavy atom. The fraction of sp³-hybridized carbons (Fsp3) is 0.900. The molecule has 3 N–H and O–H groups in total. The Morgan fingerprint density at radius 2 is 1.73 bits per heavy atom. The van der Waals surface area contributed by atoms with Crippen LogP contribution in [-0.2, 0) is 4.79 Å². The third-order valence-electron chi connectivity index (χ3n) is 6.62. The molecule has 2 aliphatic carbocycles. The Hall–Kier alpha value is -0.880. The average molecular weight is 381 g/mol. The molecule has 0 aromatic carbocycles. The molecule has 1 amide bonds. The minimum Gasteiger partial charge on any atom is -0.361 e. The minimum atomic E-state index is 0.285. The van der Waals surface area contributed by atoms with Crippen LogP contribution in [0.4, 0.5) is 0 Å². The van der Waals surface area contributed by atoms with Gasteiger partial charge in [0, 0.05) is 32.1 Å². The number of piperidine rings is 1. The summed E-state index contributed by atoms with van der Waals surface area (Å²) in [5.74, 6) is 7.81. The van der Waals surface area contributed by atoms with E-state index in [2.05, 4.69) is 10.2 Å². The second kappa shape index (κ2) is 9.88. The van der Waals surface area contributed by atoms with E-state index in [1.165, 1.54) is 64.2 Å². The summed E-state index contributed by atoms with van der Waals surface area (Å²) in [5.41, 5.74) is 0. The molecule has 3 aliphatic rings. The van der Waals surface area contributed by atoms with Crippen molar-refractivity contribution in [2.24, 2.45) is 17.7 Å². The number of amides is 1. The van der Waals surface area contributed by atoms with Gasteiger partial charge in [-0.3, -0.25) is 9.80 Å². The summed E-state index contributed by atoms with van der Waals surface area (Å²) >= 11 is 5.41. The smallest absolute Gasteiger partial charge is 0.224 e. The molecule has 1 saturated heterocycles. The lowest BCUT2D eigenvalue weighted by atomic mass is 9.78. The van der Waals surface area contributed by atoms with E-state index in [1.54, 1.807) is 5.01 Å². The van der Waals surface area contributed by atoms with E-state index < -0.39 is 0 Å². The van der Waals surface area contributed by atoms with Crippen molar-refractivity contribution in [2.75, 3.05) is 19.6 Å². The normalized spacial score (nSPS) is 26.9. The van der Waals surface area contributed by atoms with Gasteiger partial charge in [0.05, 0.1) is 0 Å². The van der Waals surface area contributed by atoms with Crippen LogP contribution in [0.2, 0.25) is 0 Å². The zero-order valence-corrected chi connectivity index (χ0v) is 16.9. The fourth-order valence-corrected chi connectivity index (χ4v) is 5.36.